The monoisotopic (exact) mass is 205 g/mol. The van der Waals surface area contributed by atoms with Gasteiger partial charge in [-0.05, 0) is 36.6 Å². The minimum absolute atomic E-state index is 0.125. The molecule has 0 saturated heterocycles. The number of hydrogen-bond acceptors (Lipinski definition) is 2. The highest BCUT2D eigenvalue weighted by Crippen LogP contribution is 2.18. The average Bonchev–Trinajstić information content (AvgIpc) is 2.26. The Kier molecular flexibility index (Phi) is 4.37. The summed E-state index contributed by atoms with van der Waals surface area (Å²) in [5, 5.41) is 0. The van der Waals surface area contributed by atoms with Gasteiger partial charge in [-0.2, -0.15) is 0 Å². The largest absolute Gasteiger partial charge is 0.489 e. The number of hydrogen-bond donors (Lipinski definition) is 1. The molecular formula is C13H19NO. The molecule has 0 aromatic heterocycles. The summed E-state index contributed by atoms with van der Waals surface area (Å²) < 4.78 is 5.50. The molecule has 2 N–H and O–H groups in total. The molecule has 0 saturated carbocycles. The Bertz CT molecular complexity index is 316. The van der Waals surface area contributed by atoms with E-state index >= 15 is 0 Å². The Morgan fingerprint density at radius 1 is 1.40 bits per heavy atom. The van der Waals surface area contributed by atoms with Crippen molar-refractivity contribution in [2.45, 2.75) is 26.3 Å². The summed E-state index contributed by atoms with van der Waals surface area (Å²) in [6.07, 6.45) is 0.950. The summed E-state index contributed by atoms with van der Waals surface area (Å²) in [5.41, 5.74) is 8.08. The maximum atomic E-state index is 5.91. The summed E-state index contributed by atoms with van der Waals surface area (Å²) in [6, 6.07) is 8.06. The highest BCUT2D eigenvalue weighted by molar-refractivity contribution is 5.29. The third-order valence-electron chi connectivity index (χ3n) is 2.23. The first-order chi connectivity index (χ1) is 7.13. The Labute approximate surface area is 91.7 Å². The van der Waals surface area contributed by atoms with E-state index in [4.69, 9.17) is 10.5 Å². The first-order valence-electron chi connectivity index (χ1n) is 5.26. The summed E-state index contributed by atoms with van der Waals surface area (Å²) in [5.74, 6) is 0.866. The van der Waals surface area contributed by atoms with E-state index < -0.39 is 0 Å². The van der Waals surface area contributed by atoms with Gasteiger partial charge in [0.1, 0.15) is 12.4 Å². The fourth-order valence-corrected chi connectivity index (χ4v) is 1.25. The van der Waals surface area contributed by atoms with Crippen LogP contribution in [0.3, 0.4) is 0 Å². The van der Waals surface area contributed by atoms with Gasteiger partial charge in [-0.15, -0.1) is 0 Å². The van der Waals surface area contributed by atoms with Crippen molar-refractivity contribution in [3.63, 3.8) is 0 Å². The van der Waals surface area contributed by atoms with Crippen LogP contribution in [0, 0.1) is 0 Å². The standard InChI is InChI=1S/C13H19NO/c1-4-13(14)11-5-7-12(8-6-11)15-9-10(2)3/h5-8,13H,2,4,9,14H2,1,3H3. The number of benzene rings is 1. The summed E-state index contributed by atoms with van der Waals surface area (Å²) in [7, 11) is 0. The molecule has 0 heterocycles. The molecule has 1 unspecified atom stereocenters. The van der Waals surface area contributed by atoms with Gasteiger partial charge < -0.3 is 10.5 Å². The van der Waals surface area contributed by atoms with Crippen LogP contribution in [0.2, 0.25) is 0 Å². The van der Waals surface area contributed by atoms with Crippen LogP contribution >= 0.6 is 0 Å². The van der Waals surface area contributed by atoms with E-state index in [9.17, 15) is 0 Å². The van der Waals surface area contributed by atoms with Gasteiger partial charge in [0.2, 0.25) is 0 Å². The molecule has 0 aliphatic heterocycles. The number of rotatable bonds is 5. The van der Waals surface area contributed by atoms with E-state index in [-0.39, 0.29) is 6.04 Å². The van der Waals surface area contributed by atoms with Gasteiger partial charge in [-0.3, -0.25) is 0 Å². The zero-order valence-corrected chi connectivity index (χ0v) is 9.49. The van der Waals surface area contributed by atoms with Gasteiger partial charge in [0, 0.05) is 6.04 Å². The predicted molar refractivity (Wildman–Crippen MR) is 64.0 cm³/mol. The molecule has 0 bridgehead atoms. The normalized spacial score (nSPS) is 12.2. The van der Waals surface area contributed by atoms with Crippen molar-refractivity contribution in [1.29, 1.82) is 0 Å². The zero-order valence-electron chi connectivity index (χ0n) is 9.49. The third-order valence-corrected chi connectivity index (χ3v) is 2.23. The van der Waals surface area contributed by atoms with E-state index in [1.807, 2.05) is 31.2 Å². The fourth-order valence-electron chi connectivity index (χ4n) is 1.25. The predicted octanol–water partition coefficient (Wildman–Crippen LogP) is 3.05. The minimum Gasteiger partial charge on any atom is -0.489 e. The Balaban J connectivity index is 2.60. The molecular weight excluding hydrogens is 186 g/mol. The van der Waals surface area contributed by atoms with Crippen LogP contribution < -0.4 is 10.5 Å². The van der Waals surface area contributed by atoms with Crippen LogP contribution in [0.4, 0.5) is 0 Å². The van der Waals surface area contributed by atoms with E-state index in [2.05, 4.69) is 13.5 Å². The first kappa shape index (κ1) is 11.8. The van der Waals surface area contributed by atoms with E-state index in [1.54, 1.807) is 0 Å². The first-order valence-corrected chi connectivity index (χ1v) is 5.26. The van der Waals surface area contributed by atoms with Gasteiger partial charge in [0.15, 0.2) is 0 Å². The van der Waals surface area contributed by atoms with Crippen LogP contribution in [0.1, 0.15) is 31.9 Å². The topological polar surface area (TPSA) is 35.2 Å². The SMILES string of the molecule is C=C(C)COc1ccc(C(N)CC)cc1. The Morgan fingerprint density at radius 3 is 2.47 bits per heavy atom. The Hall–Kier alpha value is -1.28. The van der Waals surface area contributed by atoms with E-state index in [0.29, 0.717) is 6.61 Å². The number of ether oxygens (including phenoxy) is 1. The molecule has 0 amide bonds. The maximum absolute atomic E-state index is 5.91. The second-order valence-electron chi connectivity index (χ2n) is 3.83. The molecule has 0 aliphatic carbocycles. The minimum atomic E-state index is 0.125. The lowest BCUT2D eigenvalue weighted by Gasteiger charge is -2.10. The molecule has 0 radical (unpaired) electrons. The van der Waals surface area contributed by atoms with Crippen LogP contribution in [0.25, 0.3) is 0 Å². The van der Waals surface area contributed by atoms with Crippen molar-refractivity contribution in [1.82, 2.24) is 0 Å². The van der Waals surface area contributed by atoms with Gasteiger partial charge in [-0.25, -0.2) is 0 Å². The molecule has 2 nitrogen and oxygen atoms in total. The molecule has 1 aromatic rings. The summed E-state index contributed by atoms with van der Waals surface area (Å²) >= 11 is 0. The van der Waals surface area contributed by atoms with E-state index in [1.165, 1.54) is 0 Å². The molecule has 0 aliphatic rings. The molecule has 15 heavy (non-hydrogen) atoms. The van der Waals surface area contributed by atoms with Crippen molar-refractivity contribution in [3.8, 4) is 5.75 Å². The van der Waals surface area contributed by atoms with Crippen molar-refractivity contribution < 1.29 is 4.74 Å². The molecule has 82 valence electrons. The number of nitrogens with two attached hydrogens (primary N) is 1. The summed E-state index contributed by atoms with van der Waals surface area (Å²) in [4.78, 5) is 0. The van der Waals surface area contributed by atoms with Gasteiger partial charge in [-0.1, -0.05) is 25.6 Å². The van der Waals surface area contributed by atoms with Crippen molar-refractivity contribution in [3.05, 3.63) is 42.0 Å². The quantitative estimate of drug-likeness (QED) is 0.750. The summed E-state index contributed by atoms with van der Waals surface area (Å²) in [6.45, 7) is 8.38. The van der Waals surface area contributed by atoms with Crippen LogP contribution in [-0.4, -0.2) is 6.61 Å². The maximum Gasteiger partial charge on any atom is 0.119 e. The second kappa shape index (κ2) is 5.56. The lowest BCUT2D eigenvalue weighted by atomic mass is 10.1. The highest BCUT2D eigenvalue weighted by atomic mass is 16.5. The second-order valence-corrected chi connectivity index (χ2v) is 3.83. The van der Waals surface area contributed by atoms with Crippen LogP contribution in [0.5, 0.6) is 5.75 Å². The van der Waals surface area contributed by atoms with Gasteiger partial charge in [0.25, 0.3) is 0 Å². The smallest absolute Gasteiger partial charge is 0.119 e. The van der Waals surface area contributed by atoms with Gasteiger partial charge >= 0.3 is 0 Å². The van der Waals surface area contributed by atoms with E-state index in [0.717, 1.165) is 23.3 Å². The molecule has 1 atom stereocenters. The van der Waals surface area contributed by atoms with Gasteiger partial charge in [0.05, 0.1) is 0 Å². The van der Waals surface area contributed by atoms with Crippen molar-refractivity contribution >= 4 is 0 Å². The van der Waals surface area contributed by atoms with Crippen LogP contribution in [-0.2, 0) is 0 Å². The zero-order chi connectivity index (χ0) is 11.3. The molecule has 2 heteroatoms. The fraction of sp³-hybridized carbons (Fsp3) is 0.385. The third kappa shape index (κ3) is 3.76. The van der Waals surface area contributed by atoms with Crippen LogP contribution in [0.15, 0.2) is 36.4 Å². The lowest BCUT2D eigenvalue weighted by molar-refractivity contribution is 0.352. The average molecular weight is 205 g/mol. The van der Waals surface area contributed by atoms with Crippen molar-refractivity contribution in [2.75, 3.05) is 6.61 Å². The highest BCUT2D eigenvalue weighted by Gasteiger charge is 2.02. The molecule has 0 fully saturated rings. The molecule has 1 rings (SSSR count). The molecule has 1 aromatic carbocycles. The lowest BCUT2D eigenvalue weighted by Crippen LogP contribution is -2.08. The van der Waals surface area contributed by atoms with Crippen molar-refractivity contribution in [2.24, 2.45) is 5.73 Å². The molecule has 0 spiro atoms. The Morgan fingerprint density at radius 2 is 2.00 bits per heavy atom.